The first-order chi connectivity index (χ1) is 8.08. The lowest BCUT2D eigenvalue weighted by molar-refractivity contribution is 0.0474. The predicted molar refractivity (Wildman–Crippen MR) is 65.4 cm³/mol. The number of aliphatic hydroxyl groups excluding tert-OH is 1. The molecule has 0 aliphatic carbocycles. The quantitative estimate of drug-likeness (QED) is 0.797. The zero-order chi connectivity index (χ0) is 12.4. The average Bonchev–Trinajstić information content (AvgIpc) is 2.31. The maximum atomic E-state index is 12.2. The molecule has 4 nitrogen and oxygen atoms in total. The molecule has 1 saturated heterocycles. The monoisotopic (exact) mass is 274 g/mol. The van der Waals surface area contributed by atoms with Crippen LogP contribution in [-0.2, 0) is 0 Å². The third kappa shape index (κ3) is 2.89. The van der Waals surface area contributed by atoms with Gasteiger partial charge in [0.25, 0.3) is 5.91 Å². The van der Waals surface area contributed by atoms with Crippen LogP contribution in [0.1, 0.15) is 23.2 Å². The summed E-state index contributed by atoms with van der Waals surface area (Å²) in [4.78, 5) is 17.5. The fourth-order valence-electron chi connectivity index (χ4n) is 1.89. The van der Waals surface area contributed by atoms with Gasteiger partial charge in [0.1, 0.15) is 5.15 Å². The van der Waals surface area contributed by atoms with E-state index in [-0.39, 0.29) is 16.1 Å². The van der Waals surface area contributed by atoms with Gasteiger partial charge in [0, 0.05) is 19.3 Å². The minimum Gasteiger partial charge on any atom is -0.391 e. The molecule has 1 aromatic heterocycles. The first-order valence-corrected chi connectivity index (χ1v) is 6.12. The normalized spacial score (nSPS) is 20.4. The van der Waals surface area contributed by atoms with Crippen LogP contribution < -0.4 is 0 Å². The molecule has 92 valence electrons. The molecule has 0 aromatic carbocycles. The molecule has 17 heavy (non-hydrogen) atoms. The molecule has 0 spiro atoms. The van der Waals surface area contributed by atoms with E-state index in [1.165, 1.54) is 12.3 Å². The number of hydrogen-bond donors (Lipinski definition) is 1. The lowest BCUT2D eigenvalue weighted by atomic mass is 10.1. The number of piperidine rings is 1. The van der Waals surface area contributed by atoms with Crippen molar-refractivity contribution in [3.8, 4) is 0 Å². The number of nitrogens with zero attached hydrogens (tertiary/aromatic N) is 2. The highest BCUT2D eigenvalue weighted by atomic mass is 35.5. The number of hydrogen-bond acceptors (Lipinski definition) is 3. The molecule has 2 rings (SSSR count). The SMILES string of the molecule is O=C(c1cc(Cl)ncc1Cl)N1CCC[C@H](O)C1. The Kier molecular flexibility index (Phi) is 3.86. The fourth-order valence-corrected chi connectivity index (χ4v) is 2.23. The van der Waals surface area contributed by atoms with Crippen LogP contribution in [-0.4, -0.2) is 40.1 Å². The molecule has 1 amide bonds. The van der Waals surface area contributed by atoms with E-state index in [0.29, 0.717) is 18.7 Å². The lowest BCUT2D eigenvalue weighted by Crippen LogP contribution is -2.42. The second-order valence-corrected chi connectivity index (χ2v) is 4.83. The van der Waals surface area contributed by atoms with E-state index in [1.807, 2.05) is 0 Å². The van der Waals surface area contributed by atoms with E-state index in [0.717, 1.165) is 12.8 Å². The van der Waals surface area contributed by atoms with Crippen LogP contribution in [0.25, 0.3) is 0 Å². The van der Waals surface area contributed by atoms with Crippen LogP contribution in [0.2, 0.25) is 10.2 Å². The molecular weight excluding hydrogens is 263 g/mol. The molecule has 0 bridgehead atoms. The number of carbonyl (C=O) groups is 1. The minimum atomic E-state index is -0.455. The van der Waals surface area contributed by atoms with Crippen molar-refractivity contribution in [3.05, 3.63) is 28.0 Å². The molecule has 1 atom stereocenters. The molecule has 0 unspecified atom stereocenters. The van der Waals surface area contributed by atoms with E-state index < -0.39 is 6.10 Å². The Bertz CT molecular complexity index is 439. The Hall–Kier alpha value is -0.840. The van der Waals surface area contributed by atoms with Gasteiger partial charge >= 0.3 is 0 Å². The van der Waals surface area contributed by atoms with Crippen molar-refractivity contribution in [2.24, 2.45) is 0 Å². The number of amides is 1. The molecule has 6 heteroatoms. The molecule has 1 aliphatic heterocycles. The van der Waals surface area contributed by atoms with E-state index in [1.54, 1.807) is 4.90 Å². The van der Waals surface area contributed by atoms with Crippen LogP contribution in [0.3, 0.4) is 0 Å². The van der Waals surface area contributed by atoms with Crippen molar-refractivity contribution in [1.82, 2.24) is 9.88 Å². The number of aliphatic hydroxyl groups is 1. The van der Waals surface area contributed by atoms with Crippen molar-refractivity contribution in [3.63, 3.8) is 0 Å². The summed E-state index contributed by atoms with van der Waals surface area (Å²) < 4.78 is 0. The zero-order valence-corrected chi connectivity index (χ0v) is 10.6. The molecule has 0 radical (unpaired) electrons. The van der Waals surface area contributed by atoms with Gasteiger partial charge in [0.05, 0.1) is 16.7 Å². The third-order valence-corrected chi connectivity index (χ3v) is 3.24. The average molecular weight is 275 g/mol. The van der Waals surface area contributed by atoms with Crippen molar-refractivity contribution >= 4 is 29.1 Å². The Labute approximate surface area is 109 Å². The number of halogens is 2. The Balaban J connectivity index is 2.21. The maximum Gasteiger partial charge on any atom is 0.255 e. The van der Waals surface area contributed by atoms with Crippen LogP contribution in [0, 0.1) is 0 Å². The maximum absolute atomic E-state index is 12.2. The summed E-state index contributed by atoms with van der Waals surface area (Å²) in [6.07, 6.45) is 2.43. The van der Waals surface area contributed by atoms with Gasteiger partial charge in [-0.25, -0.2) is 4.98 Å². The van der Waals surface area contributed by atoms with Gasteiger partial charge in [-0.2, -0.15) is 0 Å². The summed E-state index contributed by atoms with van der Waals surface area (Å²) in [5.41, 5.74) is 0.334. The summed E-state index contributed by atoms with van der Waals surface area (Å²) in [5, 5.41) is 10.0. The highest BCUT2D eigenvalue weighted by Crippen LogP contribution is 2.21. The standard InChI is InChI=1S/C11H12Cl2N2O2/c12-9-5-14-10(13)4-8(9)11(17)15-3-1-2-7(16)6-15/h4-5,7,16H,1-3,6H2/t7-/m0/s1. The van der Waals surface area contributed by atoms with Crippen molar-refractivity contribution < 1.29 is 9.90 Å². The first-order valence-electron chi connectivity index (χ1n) is 5.36. The second kappa shape index (κ2) is 5.21. The summed E-state index contributed by atoms with van der Waals surface area (Å²) in [6, 6.07) is 1.45. The summed E-state index contributed by atoms with van der Waals surface area (Å²) >= 11 is 11.7. The van der Waals surface area contributed by atoms with E-state index in [4.69, 9.17) is 23.2 Å². The zero-order valence-electron chi connectivity index (χ0n) is 9.07. The van der Waals surface area contributed by atoms with E-state index in [2.05, 4.69) is 4.98 Å². The number of carbonyl (C=O) groups excluding carboxylic acids is 1. The van der Waals surface area contributed by atoms with Crippen LogP contribution in [0.5, 0.6) is 0 Å². The molecular formula is C11H12Cl2N2O2. The largest absolute Gasteiger partial charge is 0.391 e. The summed E-state index contributed by atoms with van der Waals surface area (Å²) in [7, 11) is 0. The van der Waals surface area contributed by atoms with Crippen molar-refractivity contribution in [2.75, 3.05) is 13.1 Å². The highest BCUT2D eigenvalue weighted by molar-refractivity contribution is 6.35. The van der Waals surface area contributed by atoms with E-state index in [9.17, 15) is 9.90 Å². The van der Waals surface area contributed by atoms with Gasteiger partial charge in [-0.3, -0.25) is 4.79 Å². The van der Waals surface area contributed by atoms with Gasteiger partial charge < -0.3 is 10.0 Å². The first kappa shape index (κ1) is 12.6. The summed E-state index contributed by atoms with van der Waals surface area (Å²) in [5.74, 6) is -0.210. The Morgan fingerprint density at radius 3 is 3.00 bits per heavy atom. The van der Waals surface area contributed by atoms with Gasteiger partial charge in [0.15, 0.2) is 0 Å². The number of likely N-dealkylation sites (tertiary alicyclic amines) is 1. The smallest absolute Gasteiger partial charge is 0.255 e. The van der Waals surface area contributed by atoms with Crippen LogP contribution in [0.4, 0.5) is 0 Å². The topological polar surface area (TPSA) is 53.4 Å². The third-order valence-electron chi connectivity index (χ3n) is 2.74. The molecule has 1 N–H and O–H groups in total. The van der Waals surface area contributed by atoms with Gasteiger partial charge in [0.2, 0.25) is 0 Å². The summed E-state index contributed by atoms with van der Waals surface area (Å²) in [6.45, 7) is 0.973. The van der Waals surface area contributed by atoms with Crippen molar-refractivity contribution in [2.45, 2.75) is 18.9 Å². The number of aromatic nitrogens is 1. The molecule has 2 heterocycles. The number of rotatable bonds is 1. The van der Waals surface area contributed by atoms with Gasteiger partial charge in [-0.05, 0) is 18.9 Å². The van der Waals surface area contributed by atoms with Crippen LogP contribution in [0.15, 0.2) is 12.3 Å². The Morgan fingerprint density at radius 2 is 2.29 bits per heavy atom. The van der Waals surface area contributed by atoms with Gasteiger partial charge in [-0.1, -0.05) is 23.2 Å². The molecule has 1 fully saturated rings. The molecule has 1 aromatic rings. The molecule has 0 saturated carbocycles. The van der Waals surface area contributed by atoms with E-state index >= 15 is 0 Å². The lowest BCUT2D eigenvalue weighted by Gasteiger charge is -2.30. The van der Waals surface area contributed by atoms with Crippen molar-refractivity contribution in [1.29, 1.82) is 0 Å². The Morgan fingerprint density at radius 1 is 1.53 bits per heavy atom. The van der Waals surface area contributed by atoms with Crippen LogP contribution >= 0.6 is 23.2 Å². The van der Waals surface area contributed by atoms with Gasteiger partial charge in [-0.15, -0.1) is 0 Å². The predicted octanol–water partition coefficient (Wildman–Crippen LogP) is 1.99. The minimum absolute atomic E-state index is 0.210. The highest BCUT2D eigenvalue weighted by Gasteiger charge is 2.24. The number of pyridine rings is 1. The molecule has 1 aliphatic rings. The number of β-amino-alcohol motifs (C(OH)–C–C–N with tert-alkyl or cyclic N) is 1. The second-order valence-electron chi connectivity index (χ2n) is 4.03. The fraction of sp³-hybridized carbons (Fsp3) is 0.455.